The zero-order chi connectivity index (χ0) is 23.1. The van der Waals surface area contributed by atoms with Gasteiger partial charge in [0, 0.05) is 16.1 Å². The van der Waals surface area contributed by atoms with E-state index >= 15 is 0 Å². The van der Waals surface area contributed by atoms with Gasteiger partial charge in [-0.05, 0) is 48.5 Å². The maximum Gasteiger partial charge on any atom is 0.273 e. The Morgan fingerprint density at radius 2 is 1.66 bits per heavy atom. The predicted molar refractivity (Wildman–Crippen MR) is 125 cm³/mol. The molecule has 0 aliphatic rings. The van der Waals surface area contributed by atoms with E-state index in [4.69, 9.17) is 32.7 Å². The fourth-order valence-corrected chi connectivity index (χ4v) is 3.43. The van der Waals surface area contributed by atoms with Gasteiger partial charge in [-0.25, -0.2) is 5.43 Å². The van der Waals surface area contributed by atoms with Crippen LogP contribution in [0.4, 0.5) is 5.69 Å². The van der Waals surface area contributed by atoms with Gasteiger partial charge in [-0.2, -0.15) is 5.10 Å². The van der Waals surface area contributed by atoms with Crippen molar-refractivity contribution in [3.05, 3.63) is 87.4 Å². The lowest BCUT2D eigenvalue weighted by atomic mass is 10.1. The van der Waals surface area contributed by atoms with E-state index < -0.39 is 5.91 Å². The second-order valence-corrected chi connectivity index (χ2v) is 7.28. The summed E-state index contributed by atoms with van der Waals surface area (Å²) < 4.78 is 10.3. The molecule has 0 aromatic heterocycles. The Hall–Kier alpha value is -3.55. The first kappa shape index (κ1) is 23.1. The molecule has 9 heteroatoms. The molecule has 7 nitrogen and oxygen atoms in total. The summed E-state index contributed by atoms with van der Waals surface area (Å²) in [5.74, 6) is 0.131. The van der Waals surface area contributed by atoms with Crippen LogP contribution in [0, 0.1) is 0 Å². The Balaban J connectivity index is 1.74. The third-order valence-corrected chi connectivity index (χ3v) is 4.88. The second kappa shape index (κ2) is 10.7. The van der Waals surface area contributed by atoms with Crippen LogP contribution in [0.2, 0.25) is 10.0 Å². The fraction of sp³-hybridized carbons (Fsp3) is 0.0870. The van der Waals surface area contributed by atoms with E-state index in [0.717, 1.165) is 0 Å². The number of nitrogens with one attached hydrogen (secondary N) is 2. The number of para-hydroxylation sites is 1. The van der Waals surface area contributed by atoms with Crippen molar-refractivity contribution in [1.29, 1.82) is 0 Å². The van der Waals surface area contributed by atoms with Crippen LogP contribution < -0.4 is 20.2 Å². The average molecular weight is 472 g/mol. The highest BCUT2D eigenvalue weighted by atomic mass is 35.5. The monoisotopic (exact) mass is 471 g/mol. The van der Waals surface area contributed by atoms with Crippen LogP contribution in [-0.2, 0) is 0 Å². The lowest BCUT2D eigenvalue weighted by Crippen LogP contribution is -2.21. The third-order valence-electron chi connectivity index (χ3n) is 4.38. The number of benzene rings is 3. The van der Waals surface area contributed by atoms with Crippen LogP contribution in [0.5, 0.6) is 11.5 Å². The molecule has 2 N–H and O–H groups in total. The largest absolute Gasteiger partial charge is 0.497 e. The fourth-order valence-electron chi connectivity index (χ4n) is 2.84. The summed E-state index contributed by atoms with van der Waals surface area (Å²) in [6.45, 7) is 0. The number of hydrogen-bond donors (Lipinski definition) is 2. The number of nitrogens with zero attached hydrogens (tertiary/aromatic N) is 1. The minimum Gasteiger partial charge on any atom is -0.497 e. The van der Waals surface area contributed by atoms with Crippen LogP contribution in [0.25, 0.3) is 0 Å². The quantitative estimate of drug-likeness (QED) is 0.373. The lowest BCUT2D eigenvalue weighted by Gasteiger charge is -2.10. The van der Waals surface area contributed by atoms with Gasteiger partial charge in [0.25, 0.3) is 11.8 Å². The number of hydrogen-bond acceptors (Lipinski definition) is 5. The molecule has 0 bridgehead atoms. The molecule has 3 aromatic carbocycles. The number of hydrazone groups is 1. The number of ether oxygens (including phenoxy) is 2. The average Bonchev–Trinajstić information content (AvgIpc) is 2.79. The van der Waals surface area contributed by atoms with E-state index in [1.807, 2.05) is 0 Å². The van der Waals surface area contributed by atoms with Gasteiger partial charge < -0.3 is 14.8 Å². The Bertz CT molecular complexity index is 1160. The van der Waals surface area contributed by atoms with E-state index in [9.17, 15) is 9.59 Å². The van der Waals surface area contributed by atoms with E-state index in [2.05, 4.69) is 15.8 Å². The zero-order valence-corrected chi connectivity index (χ0v) is 18.7. The van der Waals surface area contributed by atoms with Gasteiger partial charge in [-0.15, -0.1) is 0 Å². The van der Waals surface area contributed by atoms with Crippen molar-refractivity contribution in [2.24, 2.45) is 5.10 Å². The molecule has 0 aliphatic carbocycles. The molecule has 0 atom stereocenters. The molecular formula is C23H19Cl2N3O4. The molecule has 0 fully saturated rings. The molecule has 0 aliphatic heterocycles. The zero-order valence-electron chi connectivity index (χ0n) is 17.2. The van der Waals surface area contributed by atoms with Gasteiger partial charge in [0.2, 0.25) is 0 Å². The first-order valence-electron chi connectivity index (χ1n) is 9.33. The molecule has 0 spiro atoms. The molecule has 164 valence electrons. The summed E-state index contributed by atoms with van der Waals surface area (Å²) >= 11 is 12.1. The molecule has 3 aromatic rings. The second-order valence-electron chi connectivity index (χ2n) is 6.44. The Labute approximate surface area is 194 Å². The van der Waals surface area contributed by atoms with Crippen LogP contribution >= 0.6 is 23.2 Å². The highest BCUT2D eigenvalue weighted by Crippen LogP contribution is 2.31. The van der Waals surface area contributed by atoms with Crippen molar-refractivity contribution in [3.8, 4) is 11.5 Å². The van der Waals surface area contributed by atoms with E-state index in [1.54, 1.807) is 67.8 Å². The van der Waals surface area contributed by atoms with Crippen molar-refractivity contribution < 1.29 is 19.1 Å². The Morgan fingerprint density at radius 3 is 2.34 bits per heavy atom. The van der Waals surface area contributed by atoms with Gasteiger partial charge in [0.15, 0.2) is 0 Å². The van der Waals surface area contributed by atoms with Crippen LogP contribution in [0.3, 0.4) is 0 Å². The van der Waals surface area contributed by atoms with Crippen molar-refractivity contribution in [1.82, 2.24) is 5.43 Å². The molecule has 3 rings (SSSR count). The van der Waals surface area contributed by atoms with Crippen molar-refractivity contribution in [2.45, 2.75) is 0 Å². The molecule has 2 amide bonds. The van der Waals surface area contributed by atoms with Crippen molar-refractivity contribution >= 4 is 46.9 Å². The maximum absolute atomic E-state index is 12.7. The number of anilines is 1. The van der Waals surface area contributed by atoms with Crippen LogP contribution in [0.15, 0.2) is 65.8 Å². The van der Waals surface area contributed by atoms with E-state index in [-0.39, 0.29) is 11.5 Å². The smallest absolute Gasteiger partial charge is 0.273 e. The molecule has 0 saturated carbocycles. The summed E-state index contributed by atoms with van der Waals surface area (Å²) in [6, 6.07) is 16.4. The van der Waals surface area contributed by atoms with Gasteiger partial charge in [-0.3, -0.25) is 9.59 Å². The summed E-state index contributed by atoms with van der Waals surface area (Å²) in [5, 5.41) is 7.41. The van der Waals surface area contributed by atoms with Gasteiger partial charge in [0.1, 0.15) is 11.5 Å². The minimum absolute atomic E-state index is 0.239. The van der Waals surface area contributed by atoms with Gasteiger partial charge in [0.05, 0.1) is 36.7 Å². The predicted octanol–water partition coefficient (Wildman–Crippen LogP) is 5.03. The lowest BCUT2D eigenvalue weighted by molar-refractivity contribution is 0.0956. The summed E-state index contributed by atoms with van der Waals surface area (Å²) in [7, 11) is 3.01. The van der Waals surface area contributed by atoms with Crippen molar-refractivity contribution in [3.63, 3.8) is 0 Å². The molecule has 0 unspecified atom stereocenters. The number of halogens is 2. The van der Waals surface area contributed by atoms with Gasteiger partial charge >= 0.3 is 0 Å². The Kier molecular flexibility index (Phi) is 7.70. The summed E-state index contributed by atoms with van der Waals surface area (Å²) in [4.78, 5) is 25.2. The summed E-state index contributed by atoms with van der Waals surface area (Å²) in [6.07, 6.45) is 1.37. The Morgan fingerprint density at radius 1 is 0.938 bits per heavy atom. The molecule has 0 saturated heterocycles. The van der Waals surface area contributed by atoms with Crippen LogP contribution in [-0.4, -0.2) is 32.2 Å². The van der Waals surface area contributed by atoms with E-state index in [0.29, 0.717) is 38.4 Å². The topological polar surface area (TPSA) is 89.0 Å². The van der Waals surface area contributed by atoms with Crippen molar-refractivity contribution in [2.75, 3.05) is 19.5 Å². The number of rotatable bonds is 7. The minimum atomic E-state index is -0.515. The normalized spacial score (nSPS) is 10.6. The highest BCUT2D eigenvalue weighted by molar-refractivity contribution is 6.36. The number of carbonyl (C=O) groups is 2. The summed E-state index contributed by atoms with van der Waals surface area (Å²) in [5.41, 5.74) is 3.92. The molecule has 0 heterocycles. The first-order chi connectivity index (χ1) is 15.4. The first-order valence-corrected chi connectivity index (χ1v) is 10.1. The third kappa shape index (κ3) is 5.57. The molecule has 32 heavy (non-hydrogen) atoms. The highest BCUT2D eigenvalue weighted by Gasteiger charge is 2.14. The number of amides is 2. The molecular weight excluding hydrogens is 453 g/mol. The molecule has 0 radical (unpaired) electrons. The SMILES string of the molecule is COc1ccc(C(=O)Nc2ccccc2C(=O)N/N=C\c2cc(Cl)cc(Cl)c2OC)cc1. The van der Waals surface area contributed by atoms with Crippen LogP contribution in [0.1, 0.15) is 26.3 Å². The van der Waals surface area contributed by atoms with E-state index in [1.165, 1.54) is 13.3 Å². The maximum atomic E-state index is 12.7. The standard InChI is InChI=1S/C23H19Cl2N3O4/c1-31-17-9-7-14(8-10-17)22(29)27-20-6-4-3-5-18(20)23(30)28-26-13-15-11-16(24)12-19(25)21(15)32-2/h3-13H,1-2H3,(H,27,29)(H,28,30)/b26-13-. The number of methoxy groups -OCH3 is 2. The van der Waals surface area contributed by atoms with Gasteiger partial charge in [-0.1, -0.05) is 35.3 Å². The number of carbonyl (C=O) groups excluding carboxylic acids is 2.